The van der Waals surface area contributed by atoms with Crippen molar-refractivity contribution < 1.29 is 9.21 Å². The number of benzene rings is 1. The van der Waals surface area contributed by atoms with E-state index in [2.05, 4.69) is 38.1 Å². The van der Waals surface area contributed by atoms with Crippen molar-refractivity contribution >= 4 is 18.0 Å². The Morgan fingerprint density at radius 1 is 1.12 bits per heavy atom. The number of rotatable bonds is 4. The van der Waals surface area contributed by atoms with E-state index in [-0.39, 0.29) is 0 Å². The molecule has 0 bridgehead atoms. The first kappa shape index (κ1) is 12.0. The predicted molar refractivity (Wildman–Crippen MR) is 68.7 cm³/mol. The first-order chi connectivity index (χ1) is 8.19. The Bertz CT molecular complexity index is 497. The molecule has 0 aliphatic rings. The van der Waals surface area contributed by atoms with Crippen LogP contribution in [0.15, 0.2) is 50.8 Å². The third kappa shape index (κ3) is 3.01. The second kappa shape index (κ2) is 5.23. The van der Waals surface area contributed by atoms with Crippen LogP contribution in [0.1, 0.15) is 35.9 Å². The van der Waals surface area contributed by atoms with Gasteiger partial charge in [0.2, 0.25) is 0 Å². The molecule has 0 spiro atoms. The van der Waals surface area contributed by atoms with Crippen LogP contribution in [0.4, 0.5) is 0 Å². The van der Waals surface area contributed by atoms with Crippen molar-refractivity contribution in [2.75, 3.05) is 0 Å². The molecule has 3 heteroatoms. The van der Waals surface area contributed by atoms with E-state index in [1.807, 2.05) is 6.07 Å². The fourth-order valence-corrected chi connectivity index (χ4v) is 2.27. The summed E-state index contributed by atoms with van der Waals surface area (Å²) in [7, 11) is 0. The van der Waals surface area contributed by atoms with Crippen LogP contribution >= 0.6 is 11.8 Å². The van der Waals surface area contributed by atoms with Crippen LogP contribution in [0.2, 0.25) is 0 Å². The molecule has 0 unspecified atom stereocenters. The molecule has 0 saturated carbocycles. The molecule has 0 N–H and O–H groups in total. The van der Waals surface area contributed by atoms with Gasteiger partial charge in [0, 0.05) is 4.90 Å². The van der Waals surface area contributed by atoms with E-state index in [9.17, 15) is 4.79 Å². The molecule has 2 rings (SSSR count). The van der Waals surface area contributed by atoms with Gasteiger partial charge in [0.05, 0.1) is 0 Å². The Morgan fingerprint density at radius 2 is 1.82 bits per heavy atom. The Morgan fingerprint density at radius 3 is 2.35 bits per heavy atom. The minimum Gasteiger partial charge on any atom is -0.447 e. The molecule has 1 aromatic heterocycles. The van der Waals surface area contributed by atoms with Crippen molar-refractivity contribution in [3.63, 3.8) is 0 Å². The Hall–Kier alpha value is -1.48. The van der Waals surface area contributed by atoms with Crippen LogP contribution in [0.3, 0.4) is 0 Å². The summed E-state index contributed by atoms with van der Waals surface area (Å²) in [6.45, 7) is 4.34. The van der Waals surface area contributed by atoms with Gasteiger partial charge in [0.1, 0.15) is 0 Å². The predicted octanol–water partition coefficient (Wildman–Crippen LogP) is 4.37. The van der Waals surface area contributed by atoms with Crippen LogP contribution in [0.25, 0.3) is 0 Å². The molecule has 1 aromatic carbocycles. The van der Waals surface area contributed by atoms with E-state index in [1.54, 1.807) is 6.07 Å². The minimum absolute atomic E-state index is 0.367. The van der Waals surface area contributed by atoms with Gasteiger partial charge in [-0.2, -0.15) is 0 Å². The Balaban J connectivity index is 2.10. The summed E-state index contributed by atoms with van der Waals surface area (Å²) >= 11 is 1.52. The van der Waals surface area contributed by atoms with E-state index < -0.39 is 0 Å². The third-order valence-electron chi connectivity index (χ3n) is 2.48. The van der Waals surface area contributed by atoms with E-state index >= 15 is 0 Å². The molecule has 2 aromatic rings. The number of hydrogen-bond donors (Lipinski definition) is 0. The molecule has 1 heterocycles. The standard InChI is InChI=1S/C14H14O2S/c1-10(2)11-3-6-13(7-4-11)17-14-8-5-12(9-15)16-14/h3-10H,1-2H3. The summed E-state index contributed by atoms with van der Waals surface area (Å²) in [6, 6.07) is 11.9. The van der Waals surface area contributed by atoms with Crippen LogP contribution in [0.5, 0.6) is 0 Å². The van der Waals surface area contributed by atoms with Crippen molar-refractivity contribution in [2.45, 2.75) is 29.8 Å². The first-order valence-electron chi connectivity index (χ1n) is 5.52. The number of aldehydes is 1. The van der Waals surface area contributed by atoms with Gasteiger partial charge >= 0.3 is 0 Å². The lowest BCUT2D eigenvalue weighted by Crippen LogP contribution is -1.85. The second-order valence-corrected chi connectivity index (χ2v) is 5.18. The summed E-state index contributed by atoms with van der Waals surface area (Å²) in [5.74, 6) is 0.908. The lowest BCUT2D eigenvalue weighted by molar-refractivity contribution is 0.109. The van der Waals surface area contributed by atoms with Gasteiger partial charge in [-0.15, -0.1) is 0 Å². The molecule has 0 atom stereocenters. The molecule has 0 radical (unpaired) electrons. The summed E-state index contributed by atoms with van der Waals surface area (Å²) in [4.78, 5) is 11.6. The maximum atomic E-state index is 10.5. The van der Waals surface area contributed by atoms with Crippen LogP contribution in [0, 0.1) is 0 Å². The Labute approximate surface area is 105 Å². The maximum Gasteiger partial charge on any atom is 0.185 e. The highest BCUT2D eigenvalue weighted by atomic mass is 32.2. The number of carbonyl (C=O) groups is 1. The van der Waals surface area contributed by atoms with E-state index in [0.29, 0.717) is 18.0 Å². The van der Waals surface area contributed by atoms with Gasteiger partial charge in [-0.1, -0.05) is 37.7 Å². The second-order valence-electron chi connectivity index (χ2n) is 4.10. The Kier molecular flexibility index (Phi) is 3.69. The summed E-state index contributed by atoms with van der Waals surface area (Å²) in [5.41, 5.74) is 1.32. The molecule has 0 fully saturated rings. The van der Waals surface area contributed by atoms with Crippen molar-refractivity contribution in [3.8, 4) is 0 Å². The monoisotopic (exact) mass is 246 g/mol. The van der Waals surface area contributed by atoms with Gasteiger partial charge in [-0.05, 0) is 35.7 Å². The highest BCUT2D eigenvalue weighted by molar-refractivity contribution is 7.99. The zero-order chi connectivity index (χ0) is 12.3. The fraction of sp³-hybridized carbons (Fsp3) is 0.214. The minimum atomic E-state index is 0.367. The smallest absolute Gasteiger partial charge is 0.185 e. The van der Waals surface area contributed by atoms with E-state index in [1.165, 1.54) is 17.3 Å². The molecular weight excluding hydrogens is 232 g/mol. The summed E-state index contributed by atoms with van der Waals surface area (Å²) in [5, 5.41) is 0.740. The average molecular weight is 246 g/mol. The van der Waals surface area contributed by atoms with Gasteiger partial charge in [-0.25, -0.2) is 0 Å². The zero-order valence-corrected chi connectivity index (χ0v) is 10.7. The fourth-order valence-electron chi connectivity index (χ4n) is 1.49. The number of carbonyl (C=O) groups excluding carboxylic acids is 1. The third-order valence-corrected chi connectivity index (χ3v) is 3.41. The first-order valence-corrected chi connectivity index (χ1v) is 6.33. The number of furan rings is 1. The van der Waals surface area contributed by atoms with Crippen molar-refractivity contribution in [1.82, 2.24) is 0 Å². The van der Waals surface area contributed by atoms with Crippen LogP contribution in [-0.2, 0) is 0 Å². The molecular formula is C14H14O2S. The SMILES string of the molecule is CC(C)c1ccc(Sc2ccc(C=O)o2)cc1. The van der Waals surface area contributed by atoms with Gasteiger partial charge in [-0.3, -0.25) is 4.79 Å². The average Bonchev–Trinajstić information content (AvgIpc) is 2.77. The van der Waals surface area contributed by atoms with Crippen molar-refractivity contribution in [1.29, 1.82) is 0 Å². The highest BCUT2D eigenvalue weighted by Gasteiger charge is 2.04. The van der Waals surface area contributed by atoms with Crippen molar-refractivity contribution in [2.24, 2.45) is 0 Å². The van der Waals surface area contributed by atoms with Crippen LogP contribution in [-0.4, -0.2) is 6.29 Å². The summed E-state index contributed by atoms with van der Waals surface area (Å²) in [6.07, 6.45) is 0.714. The molecule has 88 valence electrons. The maximum absolute atomic E-state index is 10.5. The lowest BCUT2D eigenvalue weighted by Gasteiger charge is -2.05. The molecule has 0 aliphatic carbocycles. The van der Waals surface area contributed by atoms with Crippen LogP contribution < -0.4 is 0 Å². The normalized spacial score (nSPS) is 10.8. The van der Waals surface area contributed by atoms with Gasteiger partial charge in [0.25, 0.3) is 0 Å². The van der Waals surface area contributed by atoms with Crippen molar-refractivity contribution in [3.05, 3.63) is 47.7 Å². The topological polar surface area (TPSA) is 30.2 Å². The molecule has 2 nitrogen and oxygen atoms in total. The zero-order valence-electron chi connectivity index (χ0n) is 9.84. The lowest BCUT2D eigenvalue weighted by atomic mass is 10.0. The molecule has 0 aliphatic heterocycles. The van der Waals surface area contributed by atoms with Gasteiger partial charge in [0.15, 0.2) is 17.1 Å². The number of hydrogen-bond acceptors (Lipinski definition) is 3. The molecule has 17 heavy (non-hydrogen) atoms. The molecule has 0 amide bonds. The van der Waals surface area contributed by atoms with E-state index in [0.717, 1.165) is 9.99 Å². The summed E-state index contributed by atoms with van der Waals surface area (Å²) < 4.78 is 5.31. The highest BCUT2D eigenvalue weighted by Crippen LogP contribution is 2.29. The van der Waals surface area contributed by atoms with Gasteiger partial charge < -0.3 is 4.42 Å². The van der Waals surface area contributed by atoms with E-state index in [4.69, 9.17) is 4.42 Å². The largest absolute Gasteiger partial charge is 0.447 e. The molecule has 0 saturated heterocycles. The quantitative estimate of drug-likeness (QED) is 0.750.